The third kappa shape index (κ3) is 5.20. The quantitative estimate of drug-likeness (QED) is 0.451. The van der Waals surface area contributed by atoms with Crippen LogP contribution in [0.4, 0.5) is 20.2 Å². The smallest absolute Gasteiger partial charge is 0.250 e. The maximum Gasteiger partial charge on any atom is 0.250 e. The normalized spacial score (nSPS) is 15.5. The highest BCUT2D eigenvalue weighted by molar-refractivity contribution is 5.99. The molecule has 0 aromatic heterocycles. The number of likely N-dealkylation sites (N-methyl/N-ethyl adjacent to an activating group) is 1. The molecule has 0 spiro atoms. The van der Waals surface area contributed by atoms with E-state index in [0.29, 0.717) is 35.0 Å². The van der Waals surface area contributed by atoms with Crippen LogP contribution in [0, 0.1) is 32.4 Å². The first kappa shape index (κ1) is 26.3. The van der Waals surface area contributed by atoms with E-state index in [2.05, 4.69) is 4.99 Å². The lowest BCUT2D eigenvalue weighted by Crippen LogP contribution is -2.46. The van der Waals surface area contributed by atoms with E-state index in [1.165, 1.54) is 0 Å². The zero-order valence-corrected chi connectivity index (χ0v) is 21.7. The van der Waals surface area contributed by atoms with E-state index in [1.54, 1.807) is 37.3 Å². The van der Waals surface area contributed by atoms with Crippen LogP contribution < -0.4 is 10.6 Å². The monoisotopic (exact) mass is 506 g/mol. The number of aliphatic imine (C=N–C) groups is 1. The summed E-state index contributed by atoms with van der Waals surface area (Å²) in [6.45, 7) is 8.10. The number of phenolic OH excluding ortho intramolecular Hbond substituents is 1. The van der Waals surface area contributed by atoms with Crippen molar-refractivity contribution in [1.82, 2.24) is 4.90 Å². The van der Waals surface area contributed by atoms with Gasteiger partial charge in [0, 0.05) is 42.5 Å². The lowest BCUT2D eigenvalue weighted by Gasteiger charge is -2.36. The zero-order valence-electron chi connectivity index (χ0n) is 21.7. The fourth-order valence-corrected chi connectivity index (χ4v) is 4.76. The number of aryl methyl sites for hydroxylation is 3. The number of nitrogens with two attached hydrogens (primary N) is 1. The Kier molecular flexibility index (Phi) is 7.32. The number of rotatable bonds is 6. The molecule has 6 nitrogen and oxygen atoms in total. The summed E-state index contributed by atoms with van der Waals surface area (Å²) in [5, 5.41) is 9.93. The molecule has 0 aliphatic carbocycles. The molecule has 8 heteroatoms. The van der Waals surface area contributed by atoms with E-state index >= 15 is 0 Å². The van der Waals surface area contributed by atoms with E-state index in [-0.39, 0.29) is 17.5 Å². The van der Waals surface area contributed by atoms with E-state index in [4.69, 9.17) is 5.73 Å². The molecule has 1 unspecified atom stereocenters. The highest BCUT2D eigenvalue weighted by atomic mass is 19.1. The summed E-state index contributed by atoms with van der Waals surface area (Å²) in [7, 11) is 1.72. The van der Waals surface area contributed by atoms with Crippen molar-refractivity contribution in [3.8, 4) is 16.9 Å². The van der Waals surface area contributed by atoms with Crippen LogP contribution in [0.1, 0.15) is 41.6 Å². The Morgan fingerprint density at radius 2 is 1.73 bits per heavy atom. The number of amides is 1. The largest absolute Gasteiger partial charge is 0.505 e. The van der Waals surface area contributed by atoms with Crippen molar-refractivity contribution >= 4 is 23.6 Å². The molecule has 3 aromatic rings. The summed E-state index contributed by atoms with van der Waals surface area (Å²) in [6, 6.07) is 10.3. The van der Waals surface area contributed by atoms with Crippen molar-refractivity contribution in [2.45, 2.75) is 46.2 Å². The topological polar surface area (TPSA) is 82.2 Å². The summed E-state index contributed by atoms with van der Waals surface area (Å²) in [6.07, 6.45) is 2.37. The Morgan fingerprint density at radius 1 is 1.05 bits per heavy atom. The second kappa shape index (κ2) is 10.3. The first-order valence-electron chi connectivity index (χ1n) is 12.2. The standard InChI is InChI=1S/C29H32F2N4O2/c1-6-19(32)14-34(5)29(37)28-23-11-21(22-12-27(36)25(31)13-24(22)30)18(4)10-26(23)33-15-35(28)20-8-16(2)7-17(3)9-20/h7-13,15,19,28,36H,6,14,32H2,1-5H3/t19-,28?/m0/s1. The molecular weight excluding hydrogens is 474 g/mol. The van der Waals surface area contributed by atoms with Gasteiger partial charge in [0.2, 0.25) is 5.91 Å². The third-order valence-electron chi connectivity index (χ3n) is 6.74. The van der Waals surface area contributed by atoms with Gasteiger partial charge in [0.15, 0.2) is 11.6 Å². The molecule has 0 saturated heterocycles. The Morgan fingerprint density at radius 3 is 2.38 bits per heavy atom. The van der Waals surface area contributed by atoms with Gasteiger partial charge < -0.3 is 20.6 Å². The summed E-state index contributed by atoms with van der Waals surface area (Å²) >= 11 is 0. The summed E-state index contributed by atoms with van der Waals surface area (Å²) in [4.78, 5) is 22.0. The molecule has 1 heterocycles. The molecule has 2 atom stereocenters. The molecule has 194 valence electrons. The van der Waals surface area contributed by atoms with E-state index < -0.39 is 23.4 Å². The van der Waals surface area contributed by atoms with Gasteiger partial charge in [-0.3, -0.25) is 4.79 Å². The number of carbonyl (C=O) groups is 1. The van der Waals surface area contributed by atoms with Crippen molar-refractivity contribution in [1.29, 1.82) is 0 Å². The Balaban J connectivity index is 1.90. The minimum Gasteiger partial charge on any atom is -0.505 e. The molecule has 3 aromatic carbocycles. The van der Waals surface area contributed by atoms with Crippen LogP contribution >= 0.6 is 0 Å². The molecule has 4 rings (SSSR count). The molecule has 0 bridgehead atoms. The number of halogens is 2. The number of aromatic hydroxyl groups is 1. The average molecular weight is 507 g/mol. The van der Waals surface area contributed by atoms with Crippen molar-refractivity contribution in [3.05, 3.63) is 76.4 Å². The molecule has 0 radical (unpaired) electrons. The second-order valence-electron chi connectivity index (χ2n) is 9.80. The van der Waals surface area contributed by atoms with Crippen molar-refractivity contribution in [3.63, 3.8) is 0 Å². The van der Waals surface area contributed by atoms with Crippen LogP contribution in [-0.4, -0.2) is 41.9 Å². The molecule has 0 fully saturated rings. The number of hydrogen-bond acceptors (Lipinski definition) is 5. The summed E-state index contributed by atoms with van der Waals surface area (Å²) < 4.78 is 28.6. The van der Waals surface area contributed by atoms with Gasteiger partial charge in [-0.1, -0.05) is 13.0 Å². The minimum absolute atomic E-state index is 0.0410. The minimum atomic E-state index is -1.04. The number of phenols is 1. The fraction of sp³-hybridized carbons (Fsp3) is 0.310. The Labute approximate surface area is 216 Å². The van der Waals surface area contributed by atoms with Crippen LogP contribution in [-0.2, 0) is 4.79 Å². The highest BCUT2D eigenvalue weighted by Crippen LogP contribution is 2.42. The van der Waals surface area contributed by atoms with Gasteiger partial charge in [0.25, 0.3) is 0 Å². The zero-order chi connectivity index (χ0) is 27.0. The SMILES string of the molecule is CC[C@H](N)CN(C)C(=O)C1c2cc(-c3cc(O)c(F)cc3F)c(C)cc2N=CN1c1cc(C)cc(C)c1. The number of nitrogens with zero attached hydrogens (tertiary/aromatic N) is 3. The number of benzene rings is 3. The van der Waals surface area contributed by atoms with Gasteiger partial charge in [-0.15, -0.1) is 0 Å². The van der Waals surface area contributed by atoms with E-state index in [1.807, 2.05) is 43.9 Å². The maximum atomic E-state index is 14.8. The molecule has 1 aliphatic heterocycles. The number of fused-ring (bicyclic) bond motifs is 1. The van der Waals surface area contributed by atoms with Crippen LogP contribution in [0.3, 0.4) is 0 Å². The number of anilines is 1. The predicted molar refractivity (Wildman–Crippen MR) is 143 cm³/mol. The van der Waals surface area contributed by atoms with Crippen LogP contribution in [0.2, 0.25) is 0 Å². The first-order chi connectivity index (χ1) is 17.5. The van der Waals surface area contributed by atoms with E-state index in [9.17, 15) is 18.7 Å². The van der Waals surface area contributed by atoms with Gasteiger partial charge in [-0.25, -0.2) is 13.8 Å². The number of hydrogen-bond donors (Lipinski definition) is 2. The lowest BCUT2D eigenvalue weighted by atomic mass is 9.91. The van der Waals surface area contributed by atoms with Gasteiger partial charge in [0.1, 0.15) is 11.9 Å². The van der Waals surface area contributed by atoms with Gasteiger partial charge in [-0.2, -0.15) is 0 Å². The molecule has 37 heavy (non-hydrogen) atoms. The number of carbonyl (C=O) groups excluding carboxylic acids is 1. The van der Waals surface area contributed by atoms with Gasteiger partial charge in [0.05, 0.1) is 12.0 Å². The lowest BCUT2D eigenvalue weighted by molar-refractivity contribution is -0.131. The molecular formula is C29H32F2N4O2. The van der Waals surface area contributed by atoms with E-state index in [0.717, 1.165) is 29.3 Å². The Hall–Kier alpha value is -3.78. The van der Waals surface area contributed by atoms with Crippen LogP contribution in [0.25, 0.3) is 11.1 Å². The average Bonchev–Trinajstić information content (AvgIpc) is 2.84. The predicted octanol–water partition coefficient (Wildman–Crippen LogP) is 5.68. The molecule has 0 saturated carbocycles. The third-order valence-corrected chi connectivity index (χ3v) is 6.74. The fourth-order valence-electron chi connectivity index (χ4n) is 4.76. The molecule has 1 amide bonds. The van der Waals surface area contributed by atoms with Gasteiger partial charge in [-0.05, 0) is 79.8 Å². The summed E-state index contributed by atoms with van der Waals surface area (Å²) in [5.41, 5.74) is 11.3. The first-order valence-corrected chi connectivity index (χ1v) is 12.2. The van der Waals surface area contributed by atoms with Crippen molar-refractivity contribution in [2.24, 2.45) is 10.7 Å². The molecule has 3 N–H and O–H groups in total. The maximum absolute atomic E-state index is 14.8. The second-order valence-corrected chi connectivity index (χ2v) is 9.80. The van der Waals surface area contributed by atoms with Crippen LogP contribution in [0.15, 0.2) is 47.5 Å². The van der Waals surface area contributed by atoms with Crippen LogP contribution in [0.5, 0.6) is 5.75 Å². The molecule has 1 aliphatic rings. The highest BCUT2D eigenvalue weighted by Gasteiger charge is 2.35. The summed E-state index contributed by atoms with van der Waals surface area (Å²) in [5.74, 6) is -2.68. The van der Waals surface area contributed by atoms with Crippen molar-refractivity contribution < 1.29 is 18.7 Å². The van der Waals surface area contributed by atoms with Gasteiger partial charge >= 0.3 is 0 Å². The van der Waals surface area contributed by atoms with Crippen molar-refractivity contribution in [2.75, 3.05) is 18.5 Å². The Bertz CT molecular complexity index is 1370.